The van der Waals surface area contributed by atoms with Gasteiger partial charge in [-0.3, -0.25) is 14.6 Å². The number of carbonyl (C=O) groups excluding carboxylic acids is 3. The van der Waals surface area contributed by atoms with Gasteiger partial charge >= 0.3 is 24.2 Å². The smallest absolute Gasteiger partial charge is 0.411 e. The SMILES string of the molecule is CN1C[C@H](F)CC1(CNC(=O)OC(C)(C)C)COc1nc(N2CC3CCC(COCCC(=O)OC(C)(C)C)(C2)N3C(=O)OC(C)(C)C)c2cnc(Cl)c(F)c2n1. The highest BCUT2D eigenvalue weighted by Crippen LogP contribution is 2.43. The summed E-state index contributed by atoms with van der Waals surface area (Å²) < 4.78 is 59.6. The van der Waals surface area contributed by atoms with Crippen molar-refractivity contribution in [1.29, 1.82) is 0 Å². The van der Waals surface area contributed by atoms with E-state index in [-0.39, 0.29) is 81.1 Å². The molecule has 3 unspecified atom stereocenters. The van der Waals surface area contributed by atoms with Gasteiger partial charge in [0.15, 0.2) is 11.0 Å². The number of pyridine rings is 1. The van der Waals surface area contributed by atoms with E-state index in [0.717, 1.165) is 0 Å². The number of nitrogens with one attached hydrogen (secondary N) is 1. The lowest BCUT2D eigenvalue weighted by atomic mass is 9.95. The number of nitrogens with zero attached hydrogens (tertiary/aromatic N) is 6. The third kappa shape index (κ3) is 10.4. The highest BCUT2D eigenvalue weighted by atomic mass is 35.5. The Morgan fingerprint density at radius 3 is 2.29 bits per heavy atom. The summed E-state index contributed by atoms with van der Waals surface area (Å²) >= 11 is 6.14. The zero-order valence-corrected chi connectivity index (χ0v) is 34.8. The summed E-state index contributed by atoms with van der Waals surface area (Å²) in [5, 5.41) is 2.60. The van der Waals surface area contributed by atoms with Crippen LogP contribution in [0.5, 0.6) is 6.01 Å². The van der Waals surface area contributed by atoms with Crippen LogP contribution in [0.1, 0.15) is 88.0 Å². The van der Waals surface area contributed by atoms with Gasteiger partial charge in [-0.15, -0.1) is 0 Å². The molecule has 2 bridgehead atoms. The molecule has 3 aliphatic heterocycles. The van der Waals surface area contributed by atoms with Crippen LogP contribution in [-0.2, 0) is 23.7 Å². The zero-order chi connectivity index (χ0) is 41.4. The van der Waals surface area contributed by atoms with Crippen LogP contribution in [0.25, 0.3) is 10.9 Å². The molecular weight excluding hydrogens is 756 g/mol. The van der Waals surface area contributed by atoms with Gasteiger partial charge in [-0.2, -0.15) is 9.97 Å². The third-order valence-electron chi connectivity index (χ3n) is 9.78. The van der Waals surface area contributed by atoms with Crippen LogP contribution in [-0.4, -0.2) is 136 Å². The quantitative estimate of drug-likeness (QED) is 0.125. The average Bonchev–Trinajstić information content (AvgIpc) is 3.47. The summed E-state index contributed by atoms with van der Waals surface area (Å²) in [6, 6.07) is -0.547. The van der Waals surface area contributed by atoms with Crippen molar-refractivity contribution in [3.05, 3.63) is 17.2 Å². The van der Waals surface area contributed by atoms with Crippen molar-refractivity contribution in [1.82, 2.24) is 30.1 Å². The number of esters is 1. The van der Waals surface area contributed by atoms with E-state index in [4.69, 9.17) is 40.3 Å². The number of ether oxygens (including phenoxy) is 5. The fraction of sp³-hybridized carbons (Fsp3) is 0.737. The highest BCUT2D eigenvalue weighted by molar-refractivity contribution is 6.30. The molecule has 56 heavy (non-hydrogen) atoms. The van der Waals surface area contributed by atoms with E-state index in [1.165, 1.54) is 6.20 Å². The minimum Gasteiger partial charge on any atom is -0.461 e. The number of likely N-dealkylation sites (N-methyl/N-ethyl adjacent to an activating group) is 1. The molecule has 2 aromatic rings. The maximum Gasteiger partial charge on any atom is 0.411 e. The first-order valence-electron chi connectivity index (χ1n) is 18.9. The van der Waals surface area contributed by atoms with Gasteiger partial charge in [0, 0.05) is 38.8 Å². The minimum atomic E-state index is -1.20. The molecule has 2 amide bonds. The molecule has 15 nitrogen and oxygen atoms in total. The van der Waals surface area contributed by atoms with Crippen molar-refractivity contribution in [2.75, 3.05) is 57.9 Å². The van der Waals surface area contributed by atoms with E-state index < -0.39 is 63.2 Å². The highest BCUT2D eigenvalue weighted by Gasteiger charge is 2.55. The van der Waals surface area contributed by atoms with E-state index in [0.29, 0.717) is 19.4 Å². The molecule has 3 fully saturated rings. The summed E-state index contributed by atoms with van der Waals surface area (Å²) in [6.07, 6.45) is 0.245. The molecule has 0 radical (unpaired) electrons. The van der Waals surface area contributed by atoms with Crippen molar-refractivity contribution < 1.29 is 46.8 Å². The van der Waals surface area contributed by atoms with Crippen molar-refractivity contribution >= 4 is 46.5 Å². The Kier molecular flexibility index (Phi) is 12.5. The number of alkyl carbamates (subject to hydrolysis) is 1. The van der Waals surface area contributed by atoms with Gasteiger partial charge in [0.25, 0.3) is 0 Å². The molecule has 312 valence electrons. The normalized spacial score (nSPS) is 24.4. The zero-order valence-electron chi connectivity index (χ0n) is 34.1. The molecule has 1 N–H and O–H groups in total. The maximum atomic E-state index is 15.7. The monoisotopic (exact) mass is 811 g/mol. The Morgan fingerprint density at radius 1 is 0.982 bits per heavy atom. The Labute approximate surface area is 332 Å². The van der Waals surface area contributed by atoms with E-state index in [1.54, 1.807) is 79.2 Å². The summed E-state index contributed by atoms with van der Waals surface area (Å²) in [5.41, 5.74) is -4.22. The first-order valence-corrected chi connectivity index (χ1v) is 19.3. The number of anilines is 1. The molecule has 4 atom stereocenters. The van der Waals surface area contributed by atoms with E-state index in [2.05, 4.69) is 15.3 Å². The van der Waals surface area contributed by atoms with Gasteiger partial charge in [-0.05, 0) is 82.2 Å². The van der Waals surface area contributed by atoms with Crippen LogP contribution in [0.15, 0.2) is 6.20 Å². The molecule has 3 saturated heterocycles. The number of alkyl halides is 1. The van der Waals surface area contributed by atoms with Crippen LogP contribution in [0.2, 0.25) is 5.15 Å². The van der Waals surface area contributed by atoms with Gasteiger partial charge in [-0.25, -0.2) is 23.4 Å². The third-order valence-corrected chi connectivity index (χ3v) is 10.0. The number of halogens is 3. The molecule has 0 spiro atoms. The number of amides is 2. The predicted molar refractivity (Wildman–Crippen MR) is 204 cm³/mol. The maximum absolute atomic E-state index is 15.7. The van der Waals surface area contributed by atoms with Gasteiger partial charge < -0.3 is 33.9 Å². The summed E-state index contributed by atoms with van der Waals surface area (Å²) in [7, 11) is 1.73. The number of fused-ring (bicyclic) bond motifs is 3. The van der Waals surface area contributed by atoms with Crippen LogP contribution >= 0.6 is 11.6 Å². The summed E-state index contributed by atoms with van der Waals surface area (Å²) in [5.74, 6) is -1.00. The molecule has 0 saturated carbocycles. The largest absolute Gasteiger partial charge is 0.461 e. The van der Waals surface area contributed by atoms with E-state index in [9.17, 15) is 18.8 Å². The Balaban J connectivity index is 1.45. The summed E-state index contributed by atoms with van der Waals surface area (Å²) in [4.78, 5) is 57.4. The molecule has 5 rings (SSSR count). The lowest BCUT2D eigenvalue weighted by molar-refractivity contribution is -0.156. The Hall–Kier alpha value is -3.83. The first-order chi connectivity index (χ1) is 25.9. The van der Waals surface area contributed by atoms with Crippen LogP contribution < -0.4 is 15.0 Å². The predicted octanol–water partition coefficient (Wildman–Crippen LogP) is 5.84. The van der Waals surface area contributed by atoms with Gasteiger partial charge in [0.05, 0.1) is 42.1 Å². The van der Waals surface area contributed by atoms with E-state index >= 15 is 4.39 Å². The lowest BCUT2D eigenvalue weighted by Crippen LogP contribution is -2.66. The molecule has 0 aromatic carbocycles. The number of aromatic nitrogens is 3. The topological polar surface area (TPSA) is 158 Å². The number of carbonyl (C=O) groups is 3. The number of likely N-dealkylation sites (tertiary alicyclic amines) is 1. The molecule has 2 aromatic heterocycles. The standard InChI is InChI=1S/C38H56ClF2N7O8/c1-34(2,3)54-26(49)12-14-52-21-37-13-11-24(48(37)33(51)56-36(7,8)9)18-47(20-37)30-25-16-42-29(39)27(41)28(25)44-31(45-30)53-22-38(15-23(40)17-46(38)10)19-43-32(50)55-35(4,5)6/h16,23-24H,11-15,17-22H2,1-10H3,(H,43,50)/t23-,24?,37?,38?/m1/s1. The molecular formula is C38H56ClF2N7O8. The van der Waals surface area contributed by atoms with Gasteiger partial charge in [0.1, 0.15) is 40.9 Å². The fourth-order valence-corrected chi connectivity index (χ4v) is 7.63. The van der Waals surface area contributed by atoms with Crippen LogP contribution in [0.3, 0.4) is 0 Å². The molecule has 5 heterocycles. The number of piperazine rings is 1. The van der Waals surface area contributed by atoms with Crippen LogP contribution in [0, 0.1) is 5.82 Å². The van der Waals surface area contributed by atoms with Crippen molar-refractivity contribution in [3.8, 4) is 6.01 Å². The Bertz CT molecular complexity index is 1790. The van der Waals surface area contributed by atoms with Crippen molar-refractivity contribution in [3.63, 3.8) is 0 Å². The number of rotatable bonds is 11. The van der Waals surface area contributed by atoms with Crippen molar-refractivity contribution in [2.24, 2.45) is 0 Å². The lowest BCUT2D eigenvalue weighted by Gasteiger charge is -2.49. The minimum absolute atomic E-state index is 0.00582. The molecule has 0 aliphatic carbocycles. The Morgan fingerprint density at radius 2 is 1.66 bits per heavy atom. The average molecular weight is 812 g/mol. The van der Waals surface area contributed by atoms with Crippen LogP contribution in [0.4, 0.5) is 24.2 Å². The molecule has 18 heteroatoms. The second kappa shape index (κ2) is 16.2. The second-order valence-corrected chi connectivity index (χ2v) is 18.4. The number of hydrogen-bond acceptors (Lipinski definition) is 13. The molecule has 3 aliphatic rings. The van der Waals surface area contributed by atoms with Crippen molar-refractivity contribution in [2.45, 2.75) is 128 Å². The summed E-state index contributed by atoms with van der Waals surface area (Å²) in [6.45, 7) is 16.5. The first kappa shape index (κ1) is 43.3. The van der Waals surface area contributed by atoms with Gasteiger partial charge in [-0.1, -0.05) is 11.6 Å². The second-order valence-electron chi connectivity index (χ2n) is 18.0. The van der Waals surface area contributed by atoms with E-state index in [1.807, 2.05) is 4.90 Å². The number of hydrogen-bond donors (Lipinski definition) is 1. The van der Waals surface area contributed by atoms with Gasteiger partial charge in [0.2, 0.25) is 0 Å². The fourth-order valence-electron chi connectivity index (χ4n) is 7.49.